The molecule has 310 valence electrons. The first kappa shape index (κ1) is 39.5. The Morgan fingerprint density at radius 3 is 1.11 bits per heavy atom. The van der Waals surface area contributed by atoms with Gasteiger partial charge in [-0.1, -0.05) is 142 Å². The molecule has 0 radical (unpaired) electrons. The molecule has 4 heterocycles. The SMILES string of the molecule is CC(C)(C)c1ccc(N2c3ccccc3C(C)(C)c3cc(C4=C5OC(=O)C(c6ccc7c(c6)C(C)(C)c6ccccc6N7c6ccc(C(C)(C)C)cc6)=C5OC4=O)ccc32)cc1. The molecule has 0 spiro atoms. The van der Waals surface area contributed by atoms with Gasteiger partial charge in [0.25, 0.3) is 0 Å². The van der Waals surface area contributed by atoms with Gasteiger partial charge in [-0.05, 0) is 116 Å². The number of para-hydroxylation sites is 2. The van der Waals surface area contributed by atoms with Gasteiger partial charge in [0.15, 0.2) is 11.5 Å². The second-order valence-electron chi connectivity index (χ2n) is 20.2. The quantitative estimate of drug-likeness (QED) is 0.165. The van der Waals surface area contributed by atoms with Crippen LogP contribution in [0.1, 0.15) is 114 Å². The topological polar surface area (TPSA) is 59.1 Å². The van der Waals surface area contributed by atoms with Crippen molar-refractivity contribution in [2.45, 2.75) is 90.9 Å². The van der Waals surface area contributed by atoms with E-state index in [9.17, 15) is 9.59 Å². The van der Waals surface area contributed by atoms with Crippen molar-refractivity contribution in [3.63, 3.8) is 0 Å². The molecule has 0 bridgehead atoms. The van der Waals surface area contributed by atoms with Crippen LogP contribution in [0, 0.1) is 0 Å². The number of rotatable bonds is 4. The number of esters is 2. The molecule has 0 N–H and O–H groups in total. The molecule has 0 saturated heterocycles. The first-order chi connectivity index (χ1) is 29.4. The van der Waals surface area contributed by atoms with E-state index in [4.69, 9.17) is 9.47 Å². The molecule has 0 atom stereocenters. The molecule has 0 saturated carbocycles. The molecule has 0 aromatic heterocycles. The number of hydrogen-bond acceptors (Lipinski definition) is 6. The summed E-state index contributed by atoms with van der Waals surface area (Å²) < 4.78 is 12.1. The normalized spacial score (nSPS) is 17.3. The maximum Gasteiger partial charge on any atom is 0.348 e. The van der Waals surface area contributed by atoms with Crippen molar-refractivity contribution >= 4 is 57.2 Å². The Bertz CT molecular complexity index is 2750. The minimum Gasteiger partial charge on any atom is -0.418 e. The molecule has 0 amide bonds. The number of fused-ring (bicyclic) bond motifs is 5. The van der Waals surface area contributed by atoms with Crippen molar-refractivity contribution in [1.82, 2.24) is 0 Å². The molecule has 6 aromatic rings. The first-order valence-electron chi connectivity index (χ1n) is 21.6. The van der Waals surface area contributed by atoms with Crippen LogP contribution in [-0.4, -0.2) is 11.9 Å². The van der Waals surface area contributed by atoms with Crippen LogP contribution < -0.4 is 9.80 Å². The van der Waals surface area contributed by atoms with E-state index in [-0.39, 0.29) is 33.5 Å². The number of hydrogen-bond donors (Lipinski definition) is 0. The van der Waals surface area contributed by atoms with Crippen LogP contribution in [0.5, 0.6) is 0 Å². The minimum absolute atomic E-state index is 0.0259. The van der Waals surface area contributed by atoms with Gasteiger partial charge in [0.05, 0.1) is 22.7 Å². The number of carbonyl (C=O) groups is 2. The van der Waals surface area contributed by atoms with Crippen LogP contribution in [-0.2, 0) is 40.7 Å². The lowest BCUT2D eigenvalue weighted by Gasteiger charge is -2.42. The molecule has 6 heteroatoms. The predicted molar refractivity (Wildman–Crippen MR) is 250 cm³/mol. The van der Waals surface area contributed by atoms with Crippen LogP contribution in [0.15, 0.2) is 145 Å². The molecule has 0 unspecified atom stereocenters. The molecule has 0 fully saturated rings. The number of nitrogens with zero attached hydrogens (tertiary/aromatic N) is 2. The smallest absolute Gasteiger partial charge is 0.348 e. The van der Waals surface area contributed by atoms with E-state index >= 15 is 0 Å². The lowest BCUT2D eigenvalue weighted by atomic mass is 9.72. The Hall–Kier alpha value is -6.66. The summed E-state index contributed by atoms with van der Waals surface area (Å²) in [6.07, 6.45) is 0. The Morgan fingerprint density at radius 1 is 0.419 bits per heavy atom. The predicted octanol–water partition coefficient (Wildman–Crippen LogP) is 13.7. The summed E-state index contributed by atoms with van der Waals surface area (Å²) in [7, 11) is 0. The Balaban J connectivity index is 1.08. The molecule has 4 aliphatic rings. The van der Waals surface area contributed by atoms with E-state index in [1.54, 1.807) is 0 Å². The van der Waals surface area contributed by atoms with Gasteiger partial charge in [0.2, 0.25) is 0 Å². The first-order valence-corrected chi connectivity index (χ1v) is 21.6. The van der Waals surface area contributed by atoms with Gasteiger partial charge in [0.1, 0.15) is 11.1 Å². The lowest BCUT2D eigenvalue weighted by molar-refractivity contribution is -0.131. The monoisotopic (exact) mass is 816 g/mol. The second-order valence-corrected chi connectivity index (χ2v) is 20.2. The lowest BCUT2D eigenvalue weighted by Crippen LogP contribution is -2.30. The minimum atomic E-state index is -0.541. The molecule has 6 aromatic carbocycles. The fourth-order valence-corrected chi connectivity index (χ4v) is 9.89. The largest absolute Gasteiger partial charge is 0.418 e. The molecule has 6 nitrogen and oxygen atoms in total. The van der Waals surface area contributed by atoms with Crippen molar-refractivity contribution in [3.8, 4) is 0 Å². The van der Waals surface area contributed by atoms with Crippen molar-refractivity contribution in [2.24, 2.45) is 0 Å². The molecular formula is C56H52N2O4. The number of benzene rings is 6. The third-order valence-corrected chi connectivity index (χ3v) is 13.5. The highest BCUT2D eigenvalue weighted by molar-refractivity contribution is 6.29. The van der Waals surface area contributed by atoms with Gasteiger partial charge in [-0.25, -0.2) is 9.59 Å². The fourth-order valence-electron chi connectivity index (χ4n) is 9.89. The number of carbonyl (C=O) groups excluding carboxylic acids is 2. The Labute approximate surface area is 365 Å². The van der Waals surface area contributed by atoms with Gasteiger partial charge in [-0.2, -0.15) is 0 Å². The van der Waals surface area contributed by atoms with Gasteiger partial charge < -0.3 is 19.3 Å². The highest BCUT2D eigenvalue weighted by atomic mass is 16.6. The van der Waals surface area contributed by atoms with E-state index in [1.165, 1.54) is 22.3 Å². The zero-order chi connectivity index (χ0) is 43.7. The summed E-state index contributed by atoms with van der Waals surface area (Å²) >= 11 is 0. The van der Waals surface area contributed by atoms with Crippen LogP contribution >= 0.6 is 0 Å². The second kappa shape index (κ2) is 13.4. The van der Waals surface area contributed by atoms with Gasteiger partial charge >= 0.3 is 11.9 Å². The summed E-state index contributed by atoms with van der Waals surface area (Å²) in [5.41, 5.74) is 14.3. The van der Waals surface area contributed by atoms with Crippen LogP contribution in [0.3, 0.4) is 0 Å². The van der Waals surface area contributed by atoms with E-state index in [0.717, 1.165) is 45.3 Å². The third-order valence-electron chi connectivity index (χ3n) is 13.5. The number of ether oxygens (including phenoxy) is 2. The third kappa shape index (κ3) is 5.90. The van der Waals surface area contributed by atoms with Crippen molar-refractivity contribution in [1.29, 1.82) is 0 Å². The van der Waals surface area contributed by atoms with E-state index in [1.807, 2.05) is 12.1 Å². The standard InChI is InChI=1S/C56H52N2O4/c1-53(2,3)35-21-25-37(26-22-35)57-43-17-13-11-15-39(43)55(7,8)41-31-33(19-29-45(41)57)47-49-50(62-51(47)59)48(52(60)61-49)34-20-30-46-42(32-34)56(9,10)40-16-12-14-18-44(40)58(46)38-27-23-36(24-28-38)54(4,5)6/h11-32H,1-10H3. The van der Waals surface area contributed by atoms with Gasteiger partial charge in [-0.15, -0.1) is 0 Å². The van der Waals surface area contributed by atoms with Crippen molar-refractivity contribution in [3.05, 3.63) is 189 Å². The molecular weight excluding hydrogens is 765 g/mol. The molecule has 10 rings (SSSR count). The summed E-state index contributed by atoms with van der Waals surface area (Å²) in [4.78, 5) is 32.7. The zero-order valence-electron chi connectivity index (χ0n) is 37.2. The Morgan fingerprint density at radius 2 is 0.758 bits per heavy atom. The average molecular weight is 817 g/mol. The molecule has 0 aliphatic carbocycles. The van der Waals surface area contributed by atoms with Gasteiger partial charge in [0, 0.05) is 22.2 Å². The van der Waals surface area contributed by atoms with E-state index in [2.05, 4.69) is 200 Å². The van der Waals surface area contributed by atoms with Crippen LogP contribution in [0.2, 0.25) is 0 Å². The van der Waals surface area contributed by atoms with E-state index in [0.29, 0.717) is 11.1 Å². The summed E-state index contributed by atoms with van der Waals surface area (Å²) in [6.45, 7) is 22.2. The highest BCUT2D eigenvalue weighted by Gasteiger charge is 2.46. The molecule has 4 aliphatic heterocycles. The van der Waals surface area contributed by atoms with Gasteiger partial charge in [-0.3, -0.25) is 0 Å². The summed E-state index contributed by atoms with van der Waals surface area (Å²) in [5.74, 6) is -0.746. The van der Waals surface area contributed by atoms with Crippen molar-refractivity contribution < 1.29 is 19.1 Å². The van der Waals surface area contributed by atoms with Crippen molar-refractivity contribution in [2.75, 3.05) is 9.80 Å². The van der Waals surface area contributed by atoms with Crippen LogP contribution in [0.4, 0.5) is 34.1 Å². The Kier molecular flexibility index (Phi) is 8.54. The molecule has 62 heavy (non-hydrogen) atoms. The van der Waals surface area contributed by atoms with E-state index < -0.39 is 22.8 Å². The summed E-state index contributed by atoms with van der Waals surface area (Å²) in [5, 5.41) is 0. The maximum absolute atomic E-state index is 14.0. The number of anilines is 6. The fraction of sp³-hybridized carbons (Fsp3) is 0.250. The van der Waals surface area contributed by atoms with Crippen LogP contribution in [0.25, 0.3) is 11.1 Å². The maximum atomic E-state index is 14.0. The zero-order valence-corrected chi connectivity index (χ0v) is 37.2. The highest BCUT2D eigenvalue weighted by Crippen LogP contribution is 2.55. The average Bonchev–Trinajstić information content (AvgIpc) is 3.72. The summed E-state index contributed by atoms with van der Waals surface area (Å²) in [6, 6.07) is 46.8.